The normalized spacial score (nSPS) is 8.00. The highest BCUT2D eigenvalue weighted by Gasteiger charge is 1.86. The van der Waals surface area contributed by atoms with Crippen LogP contribution in [0.15, 0.2) is 30.3 Å². The first-order valence-electron chi connectivity index (χ1n) is 7.91. The van der Waals surface area contributed by atoms with Crippen LogP contribution < -0.4 is 5.32 Å². The summed E-state index contributed by atoms with van der Waals surface area (Å²) in [5.74, 6) is 0.560. The standard InChI is InChI=1S/C9H12.C5H11NO.2C2H6/c1-2-6-9-7-4-3-5-8-9;1-5(2)3-6-4-7;2*1-2/h3-5,7-8H,2,6H2,1H3;4-5H,3H2,1-2H3,(H,6,7);2*1-2H3. The van der Waals surface area contributed by atoms with Crippen molar-refractivity contribution in [3.8, 4) is 0 Å². The molecule has 1 aromatic rings. The summed E-state index contributed by atoms with van der Waals surface area (Å²) in [7, 11) is 0. The Morgan fingerprint density at radius 1 is 1.05 bits per heavy atom. The lowest BCUT2D eigenvalue weighted by atomic mass is 10.1. The highest BCUT2D eigenvalue weighted by Crippen LogP contribution is 2.00. The molecule has 0 aliphatic carbocycles. The summed E-state index contributed by atoms with van der Waals surface area (Å²) in [4.78, 5) is 9.60. The molecule has 0 aromatic heterocycles. The highest BCUT2D eigenvalue weighted by atomic mass is 16.1. The van der Waals surface area contributed by atoms with Gasteiger partial charge in [-0.2, -0.15) is 0 Å². The van der Waals surface area contributed by atoms with Crippen LogP contribution in [-0.4, -0.2) is 13.0 Å². The van der Waals surface area contributed by atoms with Crippen molar-refractivity contribution in [3.05, 3.63) is 35.9 Å². The van der Waals surface area contributed by atoms with Crippen molar-refractivity contribution >= 4 is 6.41 Å². The summed E-state index contributed by atoms with van der Waals surface area (Å²) in [5, 5.41) is 2.57. The molecule has 1 amide bonds. The Bertz CT molecular complexity index is 257. The fraction of sp³-hybridized carbons (Fsp3) is 0.611. The van der Waals surface area contributed by atoms with Crippen LogP contribution in [0.1, 0.15) is 60.5 Å². The van der Waals surface area contributed by atoms with Gasteiger partial charge >= 0.3 is 0 Å². The van der Waals surface area contributed by atoms with Crippen molar-refractivity contribution in [1.82, 2.24) is 5.32 Å². The van der Waals surface area contributed by atoms with Gasteiger partial charge in [0, 0.05) is 6.54 Å². The van der Waals surface area contributed by atoms with E-state index in [4.69, 9.17) is 0 Å². The summed E-state index contributed by atoms with van der Waals surface area (Å²) >= 11 is 0. The summed E-state index contributed by atoms with van der Waals surface area (Å²) in [6.07, 6.45) is 3.17. The molecule has 118 valence electrons. The van der Waals surface area contributed by atoms with Crippen molar-refractivity contribution in [2.75, 3.05) is 6.54 Å². The second-order valence-electron chi connectivity index (χ2n) is 4.16. The Hall–Kier alpha value is -1.31. The number of hydrogen-bond donors (Lipinski definition) is 1. The molecule has 0 saturated heterocycles. The molecule has 2 nitrogen and oxygen atoms in total. The van der Waals surface area contributed by atoms with Gasteiger partial charge in [-0.25, -0.2) is 0 Å². The van der Waals surface area contributed by atoms with Crippen molar-refractivity contribution in [2.45, 2.75) is 61.3 Å². The number of rotatable bonds is 5. The van der Waals surface area contributed by atoms with Gasteiger partial charge in [-0.15, -0.1) is 0 Å². The Morgan fingerprint density at radius 2 is 1.55 bits per heavy atom. The van der Waals surface area contributed by atoms with Gasteiger partial charge in [0.1, 0.15) is 0 Å². The summed E-state index contributed by atoms with van der Waals surface area (Å²) in [6.45, 7) is 15.1. The molecule has 1 aromatic carbocycles. The van der Waals surface area contributed by atoms with E-state index in [0.717, 1.165) is 13.0 Å². The number of amides is 1. The number of aryl methyl sites for hydroxylation is 1. The lowest BCUT2D eigenvalue weighted by Crippen LogP contribution is -2.16. The summed E-state index contributed by atoms with van der Waals surface area (Å²) in [6, 6.07) is 10.6. The van der Waals surface area contributed by atoms with Crippen LogP contribution in [0.4, 0.5) is 0 Å². The van der Waals surface area contributed by atoms with E-state index in [1.54, 1.807) is 0 Å². The van der Waals surface area contributed by atoms with Gasteiger partial charge in [0.05, 0.1) is 0 Å². The Kier molecular flexibility index (Phi) is 27.1. The SMILES string of the molecule is CC.CC.CC(C)CNC=O.CCCc1ccccc1. The quantitative estimate of drug-likeness (QED) is 0.749. The minimum absolute atomic E-state index is 0.560. The molecule has 0 spiro atoms. The maximum Gasteiger partial charge on any atom is 0.207 e. The largest absolute Gasteiger partial charge is 0.358 e. The molecule has 0 saturated carbocycles. The molecule has 0 fully saturated rings. The van der Waals surface area contributed by atoms with Crippen molar-refractivity contribution < 1.29 is 4.79 Å². The molecule has 0 unspecified atom stereocenters. The molecular formula is C18H35NO. The van der Waals surface area contributed by atoms with Crippen molar-refractivity contribution in [1.29, 1.82) is 0 Å². The number of hydrogen-bond acceptors (Lipinski definition) is 1. The van der Waals surface area contributed by atoms with E-state index in [0.29, 0.717) is 5.92 Å². The maximum atomic E-state index is 9.60. The predicted octanol–water partition coefficient (Wildman–Crippen LogP) is 5.08. The van der Waals surface area contributed by atoms with Crippen LogP contribution in [0.2, 0.25) is 0 Å². The molecule has 1 N–H and O–H groups in total. The van der Waals surface area contributed by atoms with Crippen LogP contribution in [-0.2, 0) is 11.2 Å². The minimum atomic E-state index is 0.560. The second kappa shape index (κ2) is 22.8. The van der Waals surface area contributed by atoms with Gasteiger partial charge in [0.25, 0.3) is 0 Å². The average Bonchev–Trinajstić information content (AvgIpc) is 2.51. The van der Waals surface area contributed by atoms with E-state index < -0.39 is 0 Å². The number of carbonyl (C=O) groups excluding carboxylic acids is 1. The zero-order chi connectivity index (χ0) is 16.2. The third-order valence-corrected chi connectivity index (χ3v) is 1.99. The third kappa shape index (κ3) is 21.9. The number of benzene rings is 1. The van der Waals surface area contributed by atoms with Crippen molar-refractivity contribution in [2.24, 2.45) is 5.92 Å². The summed E-state index contributed by atoms with van der Waals surface area (Å²) in [5.41, 5.74) is 1.44. The van der Waals surface area contributed by atoms with E-state index in [2.05, 4.69) is 56.4 Å². The van der Waals surface area contributed by atoms with E-state index >= 15 is 0 Å². The second-order valence-corrected chi connectivity index (χ2v) is 4.16. The van der Waals surface area contributed by atoms with E-state index in [1.807, 2.05) is 27.7 Å². The van der Waals surface area contributed by atoms with Gasteiger partial charge in [0.2, 0.25) is 6.41 Å². The smallest absolute Gasteiger partial charge is 0.207 e. The molecule has 0 aliphatic rings. The van der Waals surface area contributed by atoms with Crippen LogP contribution in [0.25, 0.3) is 0 Å². The highest BCUT2D eigenvalue weighted by molar-refractivity contribution is 5.45. The molecule has 2 heteroatoms. The Labute approximate surface area is 127 Å². The van der Waals surface area contributed by atoms with Gasteiger partial charge in [-0.05, 0) is 17.9 Å². The molecule has 0 bridgehead atoms. The lowest BCUT2D eigenvalue weighted by molar-refractivity contribution is -0.109. The van der Waals surface area contributed by atoms with E-state index in [-0.39, 0.29) is 0 Å². The Balaban J connectivity index is -0.000000236. The molecule has 0 aliphatic heterocycles. The van der Waals surface area contributed by atoms with Gasteiger partial charge < -0.3 is 5.32 Å². The average molecular weight is 281 g/mol. The van der Waals surface area contributed by atoms with Crippen LogP contribution in [0.5, 0.6) is 0 Å². The monoisotopic (exact) mass is 281 g/mol. The molecule has 20 heavy (non-hydrogen) atoms. The lowest BCUT2D eigenvalue weighted by Gasteiger charge is -1.98. The van der Waals surface area contributed by atoms with Crippen LogP contribution in [0, 0.1) is 5.92 Å². The molecule has 0 atom stereocenters. The van der Waals surface area contributed by atoms with Crippen molar-refractivity contribution in [3.63, 3.8) is 0 Å². The van der Waals surface area contributed by atoms with Gasteiger partial charge in [0.15, 0.2) is 0 Å². The van der Waals surface area contributed by atoms with Gasteiger partial charge in [-0.1, -0.05) is 85.2 Å². The Morgan fingerprint density at radius 3 is 1.85 bits per heavy atom. The first kappa shape index (κ1) is 23.8. The molecule has 0 heterocycles. The fourth-order valence-corrected chi connectivity index (χ4v) is 1.22. The van der Waals surface area contributed by atoms with E-state index in [1.165, 1.54) is 18.4 Å². The fourth-order valence-electron chi connectivity index (χ4n) is 1.22. The number of carbonyl (C=O) groups is 1. The first-order valence-corrected chi connectivity index (χ1v) is 7.91. The topological polar surface area (TPSA) is 29.1 Å². The molecular weight excluding hydrogens is 246 g/mol. The first-order chi connectivity index (χ1) is 9.70. The zero-order valence-electron chi connectivity index (χ0n) is 14.6. The van der Waals surface area contributed by atoms with E-state index in [9.17, 15) is 4.79 Å². The van der Waals surface area contributed by atoms with Crippen LogP contribution in [0.3, 0.4) is 0 Å². The van der Waals surface area contributed by atoms with Gasteiger partial charge in [-0.3, -0.25) is 4.79 Å². The molecule has 1 rings (SSSR count). The molecule has 0 radical (unpaired) electrons. The summed E-state index contributed by atoms with van der Waals surface area (Å²) < 4.78 is 0. The predicted molar refractivity (Wildman–Crippen MR) is 92.0 cm³/mol. The minimum Gasteiger partial charge on any atom is -0.358 e. The number of nitrogens with one attached hydrogen (secondary N) is 1. The third-order valence-electron chi connectivity index (χ3n) is 1.99. The zero-order valence-corrected chi connectivity index (χ0v) is 14.6. The maximum absolute atomic E-state index is 9.60. The van der Waals surface area contributed by atoms with Crippen LogP contribution >= 0.6 is 0 Å².